The Labute approximate surface area is 188 Å². The van der Waals surface area contributed by atoms with Crippen LogP contribution in [0.25, 0.3) is 0 Å². The maximum atomic E-state index is 13.3. The van der Waals surface area contributed by atoms with Crippen LogP contribution in [0.1, 0.15) is 29.9 Å². The van der Waals surface area contributed by atoms with Gasteiger partial charge in [0, 0.05) is 12.6 Å². The summed E-state index contributed by atoms with van der Waals surface area (Å²) in [5.74, 6) is 1.89. The van der Waals surface area contributed by atoms with Crippen LogP contribution < -0.4 is 4.74 Å². The van der Waals surface area contributed by atoms with Crippen molar-refractivity contribution in [1.82, 2.24) is 9.80 Å². The molecule has 6 heteroatoms. The fourth-order valence-electron chi connectivity index (χ4n) is 3.59. The van der Waals surface area contributed by atoms with Gasteiger partial charge >= 0.3 is 0 Å². The zero-order valence-corrected chi connectivity index (χ0v) is 18.3. The summed E-state index contributed by atoms with van der Waals surface area (Å²) < 4.78 is 11.3. The van der Waals surface area contributed by atoms with Crippen molar-refractivity contribution in [1.29, 1.82) is 0 Å². The van der Waals surface area contributed by atoms with Crippen LogP contribution >= 0.6 is 0 Å². The maximum Gasteiger partial charge on any atom is 0.261 e. The minimum absolute atomic E-state index is 0.0359. The molecule has 0 bridgehead atoms. The van der Waals surface area contributed by atoms with Gasteiger partial charge < -0.3 is 19.0 Å². The number of carbonyl (C=O) groups is 2. The zero-order valence-electron chi connectivity index (χ0n) is 18.3. The molecule has 0 unspecified atom stereocenters. The molecule has 0 saturated heterocycles. The molecule has 2 aromatic carbocycles. The summed E-state index contributed by atoms with van der Waals surface area (Å²) >= 11 is 0. The summed E-state index contributed by atoms with van der Waals surface area (Å²) in [7, 11) is 0. The minimum atomic E-state index is -0.168. The summed E-state index contributed by atoms with van der Waals surface area (Å²) in [6, 6.07) is 23.0. The van der Waals surface area contributed by atoms with Gasteiger partial charge in [-0.3, -0.25) is 9.59 Å². The van der Waals surface area contributed by atoms with Gasteiger partial charge in [-0.15, -0.1) is 0 Å². The lowest BCUT2D eigenvalue weighted by Gasteiger charge is -2.27. The highest BCUT2D eigenvalue weighted by atomic mass is 16.5. The van der Waals surface area contributed by atoms with Gasteiger partial charge in [-0.05, 0) is 49.6 Å². The molecule has 3 aromatic rings. The number of amides is 2. The van der Waals surface area contributed by atoms with E-state index >= 15 is 0 Å². The van der Waals surface area contributed by atoms with E-state index in [1.54, 1.807) is 9.80 Å². The average molecular weight is 433 g/mol. The Kier molecular flexibility index (Phi) is 6.90. The van der Waals surface area contributed by atoms with Gasteiger partial charge in [-0.2, -0.15) is 0 Å². The first-order valence-electron chi connectivity index (χ1n) is 10.9. The second-order valence-corrected chi connectivity index (χ2v) is 8.10. The fourth-order valence-corrected chi connectivity index (χ4v) is 3.59. The van der Waals surface area contributed by atoms with E-state index in [9.17, 15) is 9.59 Å². The number of nitrogens with zero attached hydrogens (tertiary/aromatic N) is 2. The van der Waals surface area contributed by atoms with Crippen molar-refractivity contribution in [2.45, 2.75) is 38.9 Å². The molecule has 1 heterocycles. The van der Waals surface area contributed by atoms with Crippen molar-refractivity contribution >= 4 is 11.8 Å². The number of aryl methyl sites for hydroxylation is 1. The van der Waals surface area contributed by atoms with Crippen molar-refractivity contribution in [3.63, 3.8) is 0 Å². The van der Waals surface area contributed by atoms with E-state index in [1.165, 1.54) is 0 Å². The second kappa shape index (κ2) is 10.2. The monoisotopic (exact) mass is 432 g/mol. The Bertz CT molecular complexity index is 1030. The van der Waals surface area contributed by atoms with E-state index in [0.717, 1.165) is 29.9 Å². The molecule has 1 aliphatic rings. The molecule has 1 saturated carbocycles. The number of carbonyl (C=O) groups excluding carboxylic acids is 2. The number of benzene rings is 2. The van der Waals surface area contributed by atoms with E-state index in [1.807, 2.05) is 79.7 Å². The van der Waals surface area contributed by atoms with Gasteiger partial charge in [-0.1, -0.05) is 48.5 Å². The van der Waals surface area contributed by atoms with Crippen LogP contribution in [-0.4, -0.2) is 40.8 Å². The maximum absolute atomic E-state index is 13.3. The smallest absolute Gasteiger partial charge is 0.261 e. The number of hydrogen-bond acceptors (Lipinski definition) is 4. The summed E-state index contributed by atoms with van der Waals surface area (Å²) in [6.07, 6.45) is 1.83. The lowest BCUT2D eigenvalue weighted by Crippen LogP contribution is -2.45. The van der Waals surface area contributed by atoms with Crippen LogP contribution in [0.2, 0.25) is 0 Å². The molecule has 0 N–H and O–H groups in total. The highest BCUT2D eigenvalue weighted by Crippen LogP contribution is 2.27. The van der Waals surface area contributed by atoms with Crippen LogP contribution in [0.3, 0.4) is 0 Å². The third kappa shape index (κ3) is 6.00. The van der Waals surface area contributed by atoms with Crippen molar-refractivity contribution in [3.05, 3.63) is 89.9 Å². The predicted molar refractivity (Wildman–Crippen MR) is 121 cm³/mol. The first-order valence-corrected chi connectivity index (χ1v) is 10.9. The number of hydrogen-bond donors (Lipinski definition) is 0. The van der Waals surface area contributed by atoms with Gasteiger partial charge in [0.05, 0.1) is 6.54 Å². The predicted octanol–water partition coefficient (Wildman–Crippen LogP) is 4.19. The SMILES string of the molecule is Cc1ccc(CN(Cc2ccccc2)C(=O)CN(C(=O)COc2ccccc2)C2CC2)o1. The Morgan fingerprint density at radius 2 is 1.59 bits per heavy atom. The van der Waals surface area contributed by atoms with E-state index in [0.29, 0.717) is 18.8 Å². The Morgan fingerprint density at radius 3 is 2.22 bits per heavy atom. The number of ether oxygens (including phenoxy) is 1. The van der Waals surface area contributed by atoms with Gasteiger partial charge in [0.2, 0.25) is 5.91 Å². The average Bonchev–Trinajstić information content (AvgIpc) is 3.57. The highest BCUT2D eigenvalue weighted by Gasteiger charge is 2.35. The molecule has 1 fully saturated rings. The molecule has 0 spiro atoms. The fraction of sp³-hybridized carbons (Fsp3) is 0.308. The lowest BCUT2D eigenvalue weighted by molar-refractivity contribution is -0.143. The Hall–Kier alpha value is -3.54. The summed E-state index contributed by atoms with van der Waals surface area (Å²) in [5.41, 5.74) is 1.03. The molecule has 166 valence electrons. The summed E-state index contributed by atoms with van der Waals surface area (Å²) in [6.45, 7) is 2.65. The first-order chi connectivity index (χ1) is 15.6. The molecule has 4 rings (SSSR count). The van der Waals surface area contributed by atoms with Crippen LogP contribution in [0.15, 0.2) is 77.2 Å². The molecule has 0 atom stereocenters. The van der Waals surface area contributed by atoms with Crippen LogP contribution in [0.5, 0.6) is 5.75 Å². The molecule has 0 aliphatic heterocycles. The first kappa shape index (κ1) is 21.7. The highest BCUT2D eigenvalue weighted by molar-refractivity contribution is 5.86. The van der Waals surface area contributed by atoms with Crippen LogP contribution in [-0.2, 0) is 22.7 Å². The summed E-state index contributed by atoms with van der Waals surface area (Å²) in [4.78, 5) is 29.6. The molecule has 0 radical (unpaired) electrons. The second-order valence-electron chi connectivity index (χ2n) is 8.10. The van der Waals surface area contributed by atoms with E-state index in [2.05, 4.69) is 0 Å². The molecule has 1 aliphatic carbocycles. The normalized spacial score (nSPS) is 12.9. The van der Waals surface area contributed by atoms with Gasteiger partial charge in [-0.25, -0.2) is 0 Å². The number of para-hydroxylation sites is 1. The number of furan rings is 1. The molecule has 2 amide bonds. The zero-order chi connectivity index (χ0) is 22.3. The van der Waals surface area contributed by atoms with Crippen LogP contribution in [0.4, 0.5) is 0 Å². The van der Waals surface area contributed by atoms with E-state index in [-0.39, 0.29) is 31.0 Å². The van der Waals surface area contributed by atoms with E-state index in [4.69, 9.17) is 9.15 Å². The third-order valence-corrected chi connectivity index (χ3v) is 5.43. The topological polar surface area (TPSA) is 63.0 Å². The van der Waals surface area contributed by atoms with Crippen molar-refractivity contribution < 1.29 is 18.7 Å². The molecule has 1 aromatic heterocycles. The van der Waals surface area contributed by atoms with Crippen molar-refractivity contribution in [2.75, 3.05) is 13.2 Å². The van der Waals surface area contributed by atoms with Gasteiger partial charge in [0.1, 0.15) is 23.8 Å². The van der Waals surface area contributed by atoms with Crippen molar-refractivity contribution in [2.24, 2.45) is 0 Å². The Balaban J connectivity index is 1.43. The number of rotatable bonds is 10. The Morgan fingerprint density at radius 1 is 0.906 bits per heavy atom. The van der Waals surface area contributed by atoms with Crippen molar-refractivity contribution in [3.8, 4) is 5.75 Å². The minimum Gasteiger partial charge on any atom is -0.484 e. The molecular formula is C26H28N2O4. The largest absolute Gasteiger partial charge is 0.484 e. The van der Waals surface area contributed by atoms with E-state index < -0.39 is 0 Å². The third-order valence-electron chi connectivity index (χ3n) is 5.43. The molecule has 32 heavy (non-hydrogen) atoms. The molecular weight excluding hydrogens is 404 g/mol. The van der Waals surface area contributed by atoms with Gasteiger partial charge in [0.25, 0.3) is 5.91 Å². The standard InChI is InChI=1S/C26H28N2O4/c1-20-12-15-24(32-20)17-27(16-21-8-4-2-5-9-21)25(29)18-28(22-13-14-22)26(30)19-31-23-10-6-3-7-11-23/h2-12,15,22H,13-14,16-19H2,1H3. The summed E-state index contributed by atoms with van der Waals surface area (Å²) in [5, 5.41) is 0. The lowest BCUT2D eigenvalue weighted by atomic mass is 10.2. The van der Waals surface area contributed by atoms with Crippen LogP contribution in [0, 0.1) is 6.92 Å². The molecule has 6 nitrogen and oxygen atoms in total. The quantitative estimate of drug-likeness (QED) is 0.482. The van der Waals surface area contributed by atoms with Gasteiger partial charge in [0.15, 0.2) is 6.61 Å².